The quantitative estimate of drug-likeness (QED) is 0.864. The molecule has 3 N–H and O–H groups in total. The molecule has 5 heteroatoms. The van der Waals surface area contributed by atoms with Crippen LogP contribution in [0.5, 0.6) is 0 Å². The normalized spacial score (nSPS) is 16.8. The van der Waals surface area contributed by atoms with Crippen molar-refractivity contribution in [1.82, 2.24) is 4.98 Å². The smallest absolute Gasteiger partial charge is 0.225 e. The monoisotopic (exact) mass is 276 g/mol. The molecule has 0 spiro atoms. The second-order valence-corrected chi connectivity index (χ2v) is 5.37. The van der Waals surface area contributed by atoms with Crippen LogP contribution < -0.4 is 16.0 Å². The average molecular weight is 276 g/mol. The third-order valence-electron chi connectivity index (χ3n) is 3.68. The van der Waals surface area contributed by atoms with Crippen LogP contribution in [0.25, 0.3) is 0 Å². The minimum Gasteiger partial charge on any atom is -0.357 e. The molecule has 1 fully saturated rings. The molecule has 2 rings (SSSR count). The first-order valence-corrected chi connectivity index (χ1v) is 7.45. The Morgan fingerprint density at radius 3 is 2.75 bits per heavy atom. The summed E-state index contributed by atoms with van der Waals surface area (Å²) in [4.78, 5) is 18.5. The van der Waals surface area contributed by atoms with Crippen molar-refractivity contribution in [1.29, 1.82) is 0 Å². The Morgan fingerprint density at radius 1 is 1.40 bits per heavy atom. The van der Waals surface area contributed by atoms with E-state index in [1.54, 1.807) is 6.20 Å². The van der Waals surface area contributed by atoms with Crippen LogP contribution in [0, 0.1) is 0 Å². The average Bonchev–Trinajstić information content (AvgIpc) is 2.48. The summed E-state index contributed by atoms with van der Waals surface area (Å²) in [5, 5.41) is 2.84. The molecule has 1 saturated heterocycles. The van der Waals surface area contributed by atoms with Crippen LogP contribution in [0.2, 0.25) is 0 Å². The number of anilines is 2. The maximum atomic E-state index is 11.7. The number of piperidine rings is 1. The third-order valence-corrected chi connectivity index (χ3v) is 3.68. The lowest BCUT2D eigenvalue weighted by atomic mass is 10.1. The number of rotatable bonds is 5. The summed E-state index contributed by atoms with van der Waals surface area (Å²) < 4.78 is 0. The topological polar surface area (TPSA) is 71.2 Å². The highest BCUT2D eigenvalue weighted by Crippen LogP contribution is 2.19. The molecule has 0 saturated carbocycles. The van der Waals surface area contributed by atoms with E-state index in [4.69, 9.17) is 5.73 Å². The number of pyridine rings is 1. The second-order valence-electron chi connectivity index (χ2n) is 5.37. The van der Waals surface area contributed by atoms with Crippen LogP contribution >= 0.6 is 0 Å². The maximum absolute atomic E-state index is 11.7. The van der Waals surface area contributed by atoms with E-state index in [-0.39, 0.29) is 11.9 Å². The van der Waals surface area contributed by atoms with Gasteiger partial charge < -0.3 is 16.0 Å². The van der Waals surface area contributed by atoms with Gasteiger partial charge in [-0.1, -0.05) is 6.92 Å². The van der Waals surface area contributed by atoms with Gasteiger partial charge in [0.2, 0.25) is 5.91 Å². The Balaban J connectivity index is 1.89. The van der Waals surface area contributed by atoms with E-state index >= 15 is 0 Å². The number of hydrogen-bond acceptors (Lipinski definition) is 4. The zero-order valence-corrected chi connectivity index (χ0v) is 12.1. The van der Waals surface area contributed by atoms with Crippen LogP contribution in [0.1, 0.15) is 39.0 Å². The zero-order valence-electron chi connectivity index (χ0n) is 12.1. The second kappa shape index (κ2) is 7.24. The van der Waals surface area contributed by atoms with Gasteiger partial charge in [-0.25, -0.2) is 4.98 Å². The summed E-state index contributed by atoms with van der Waals surface area (Å²) in [5.74, 6) is 0.944. The molecule has 1 aromatic rings. The SMILES string of the molecule is CCC(N)CC(=O)Nc1ccc(N2CCCCC2)nc1. The van der Waals surface area contributed by atoms with E-state index in [0.29, 0.717) is 6.42 Å². The molecular weight excluding hydrogens is 252 g/mol. The van der Waals surface area contributed by atoms with Gasteiger partial charge in [0.1, 0.15) is 5.82 Å². The number of nitrogens with zero attached hydrogens (tertiary/aromatic N) is 2. The molecule has 1 unspecified atom stereocenters. The van der Waals surface area contributed by atoms with E-state index in [2.05, 4.69) is 15.2 Å². The van der Waals surface area contributed by atoms with Gasteiger partial charge in [-0.05, 0) is 37.8 Å². The minimum absolute atomic E-state index is 0.0492. The molecule has 2 heterocycles. The first-order chi connectivity index (χ1) is 9.69. The lowest BCUT2D eigenvalue weighted by Crippen LogP contribution is -2.30. The molecule has 0 bridgehead atoms. The lowest BCUT2D eigenvalue weighted by Gasteiger charge is -2.27. The number of carbonyl (C=O) groups excluding carboxylic acids is 1. The summed E-state index contributed by atoms with van der Waals surface area (Å²) in [6.45, 7) is 4.13. The van der Waals surface area contributed by atoms with Crippen molar-refractivity contribution in [3.63, 3.8) is 0 Å². The van der Waals surface area contributed by atoms with Gasteiger partial charge in [-0.3, -0.25) is 4.79 Å². The minimum atomic E-state index is -0.0735. The predicted octanol–water partition coefficient (Wildman–Crippen LogP) is 2.14. The van der Waals surface area contributed by atoms with Gasteiger partial charge >= 0.3 is 0 Å². The predicted molar refractivity (Wildman–Crippen MR) is 81.8 cm³/mol. The Labute approximate surface area is 120 Å². The molecule has 1 aliphatic rings. The summed E-state index contributed by atoms with van der Waals surface area (Å²) in [7, 11) is 0. The highest BCUT2D eigenvalue weighted by Gasteiger charge is 2.12. The maximum Gasteiger partial charge on any atom is 0.225 e. The molecule has 20 heavy (non-hydrogen) atoms. The van der Waals surface area contributed by atoms with Crippen LogP contribution in [0.15, 0.2) is 18.3 Å². The molecule has 1 atom stereocenters. The van der Waals surface area contributed by atoms with Gasteiger partial charge in [0.15, 0.2) is 0 Å². The lowest BCUT2D eigenvalue weighted by molar-refractivity contribution is -0.116. The van der Waals surface area contributed by atoms with Crippen LogP contribution in [-0.2, 0) is 4.79 Å². The summed E-state index contributed by atoms with van der Waals surface area (Å²) >= 11 is 0. The molecular formula is C15H24N4O. The van der Waals surface area contributed by atoms with Crippen molar-refractivity contribution < 1.29 is 4.79 Å². The van der Waals surface area contributed by atoms with Gasteiger partial charge in [0.05, 0.1) is 11.9 Å². The molecule has 1 aliphatic heterocycles. The fourth-order valence-corrected chi connectivity index (χ4v) is 2.36. The molecule has 0 radical (unpaired) electrons. The number of amides is 1. The number of carbonyl (C=O) groups is 1. The summed E-state index contributed by atoms with van der Waals surface area (Å²) in [6, 6.07) is 3.81. The largest absolute Gasteiger partial charge is 0.357 e. The number of nitrogens with one attached hydrogen (secondary N) is 1. The van der Waals surface area contributed by atoms with E-state index in [1.165, 1.54) is 19.3 Å². The van der Waals surface area contributed by atoms with Crippen molar-refractivity contribution in [2.75, 3.05) is 23.3 Å². The first kappa shape index (κ1) is 14.8. The van der Waals surface area contributed by atoms with Gasteiger partial charge in [-0.2, -0.15) is 0 Å². The van der Waals surface area contributed by atoms with Gasteiger partial charge in [-0.15, -0.1) is 0 Å². The van der Waals surface area contributed by atoms with E-state index in [9.17, 15) is 4.79 Å². The van der Waals surface area contributed by atoms with Crippen LogP contribution in [-0.4, -0.2) is 30.0 Å². The molecule has 1 aromatic heterocycles. The Bertz CT molecular complexity index is 426. The number of nitrogens with two attached hydrogens (primary N) is 1. The van der Waals surface area contributed by atoms with Gasteiger partial charge in [0, 0.05) is 25.6 Å². The summed E-state index contributed by atoms with van der Waals surface area (Å²) in [5.41, 5.74) is 6.50. The third kappa shape index (κ3) is 4.20. The number of hydrogen-bond donors (Lipinski definition) is 2. The summed E-state index contributed by atoms with van der Waals surface area (Å²) in [6.07, 6.45) is 6.65. The van der Waals surface area contributed by atoms with Gasteiger partial charge in [0.25, 0.3) is 0 Å². The van der Waals surface area contributed by atoms with Crippen molar-refractivity contribution in [3.05, 3.63) is 18.3 Å². The van der Waals surface area contributed by atoms with Crippen molar-refractivity contribution in [2.45, 2.75) is 45.1 Å². The fraction of sp³-hybridized carbons (Fsp3) is 0.600. The molecule has 5 nitrogen and oxygen atoms in total. The first-order valence-electron chi connectivity index (χ1n) is 7.45. The van der Waals surface area contributed by atoms with Crippen LogP contribution in [0.4, 0.5) is 11.5 Å². The van der Waals surface area contributed by atoms with Crippen molar-refractivity contribution in [2.24, 2.45) is 5.73 Å². The Hall–Kier alpha value is -1.62. The standard InChI is InChI=1S/C15H24N4O/c1-2-12(16)10-15(20)18-13-6-7-14(17-11-13)19-8-4-3-5-9-19/h6-7,11-12H,2-5,8-10,16H2,1H3,(H,18,20). The Morgan fingerprint density at radius 2 is 2.15 bits per heavy atom. The zero-order chi connectivity index (χ0) is 14.4. The van der Waals surface area contributed by atoms with Crippen molar-refractivity contribution in [3.8, 4) is 0 Å². The molecule has 0 aromatic carbocycles. The molecule has 110 valence electrons. The number of aromatic nitrogens is 1. The van der Waals surface area contributed by atoms with E-state index in [1.807, 2.05) is 19.1 Å². The van der Waals surface area contributed by atoms with Crippen LogP contribution in [0.3, 0.4) is 0 Å². The fourth-order valence-electron chi connectivity index (χ4n) is 2.36. The molecule has 0 aliphatic carbocycles. The highest BCUT2D eigenvalue weighted by molar-refractivity contribution is 5.91. The van der Waals surface area contributed by atoms with Crippen molar-refractivity contribution >= 4 is 17.4 Å². The Kier molecular flexibility index (Phi) is 5.35. The van der Waals surface area contributed by atoms with E-state index in [0.717, 1.165) is 31.0 Å². The molecule has 1 amide bonds. The highest BCUT2D eigenvalue weighted by atomic mass is 16.1. The van der Waals surface area contributed by atoms with E-state index < -0.39 is 0 Å².